The van der Waals surface area contributed by atoms with Crippen molar-refractivity contribution >= 4 is 23.8 Å². The van der Waals surface area contributed by atoms with Crippen molar-refractivity contribution in [3.05, 3.63) is 23.0 Å². The maximum Gasteiger partial charge on any atom is 0.298 e. The molecule has 0 radical (unpaired) electrons. The maximum absolute atomic E-state index is 12.7. The van der Waals surface area contributed by atoms with E-state index >= 15 is 0 Å². The molecule has 64 valence electrons. The lowest BCUT2D eigenvalue weighted by molar-refractivity contribution is -0.120. The van der Waals surface area contributed by atoms with Crippen LogP contribution in [0.15, 0.2) is 12.1 Å². The van der Waals surface area contributed by atoms with Gasteiger partial charge in [0.25, 0.3) is 6.47 Å². The Bertz CT molecular complexity index is 317. The van der Waals surface area contributed by atoms with Gasteiger partial charge in [0, 0.05) is 0 Å². The first-order valence-corrected chi connectivity index (χ1v) is 3.38. The van der Waals surface area contributed by atoms with E-state index in [1.54, 1.807) is 0 Å². The molecule has 0 aliphatic carbocycles. The molecule has 0 heterocycles. The zero-order valence-corrected chi connectivity index (χ0v) is 6.64. The smallest absolute Gasteiger partial charge is 0.298 e. The zero-order valence-electron chi connectivity index (χ0n) is 5.88. The molecule has 2 N–H and O–H groups in total. The average Bonchev–Trinajstić information content (AvgIpc) is 2.06. The van der Waals surface area contributed by atoms with E-state index in [-0.39, 0.29) is 22.9 Å². The number of carbonyl (C=O) groups excluding carboxylic acids is 1. The van der Waals surface area contributed by atoms with E-state index < -0.39 is 5.82 Å². The molecule has 0 fully saturated rings. The third-order valence-electron chi connectivity index (χ3n) is 1.25. The van der Waals surface area contributed by atoms with Crippen LogP contribution in [-0.4, -0.2) is 6.47 Å². The summed E-state index contributed by atoms with van der Waals surface area (Å²) in [6, 6.07) is 2.36. The van der Waals surface area contributed by atoms with Crippen LogP contribution in [0.4, 0.5) is 10.1 Å². The number of rotatable bonds is 2. The zero-order chi connectivity index (χ0) is 9.14. The van der Waals surface area contributed by atoms with Crippen molar-refractivity contribution in [2.24, 2.45) is 0 Å². The van der Waals surface area contributed by atoms with E-state index in [4.69, 9.17) is 17.3 Å². The van der Waals surface area contributed by atoms with E-state index in [0.29, 0.717) is 0 Å². The second kappa shape index (κ2) is 3.40. The average molecular weight is 190 g/mol. The number of carbonyl (C=O) groups is 1. The molecule has 1 aromatic carbocycles. The molecule has 0 aromatic heterocycles. The molecule has 0 spiro atoms. The number of anilines is 1. The van der Waals surface area contributed by atoms with Crippen LogP contribution in [0, 0.1) is 5.82 Å². The lowest BCUT2D eigenvalue weighted by Crippen LogP contribution is -1.97. The number of hydrogen-bond donors (Lipinski definition) is 1. The fourth-order valence-electron chi connectivity index (χ4n) is 0.715. The summed E-state index contributed by atoms with van der Waals surface area (Å²) in [4.78, 5) is 9.93. The van der Waals surface area contributed by atoms with Crippen molar-refractivity contribution in [1.82, 2.24) is 0 Å². The van der Waals surface area contributed by atoms with E-state index in [2.05, 4.69) is 4.74 Å². The van der Waals surface area contributed by atoms with Crippen LogP contribution in [0.3, 0.4) is 0 Å². The predicted octanol–water partition coefficient (Wildman–Crippen LogP) is 1.60. The Kier molecular flexibility index (Phi) is 2.50. The summed E-state index contributed by atoms with van der Waals surface area (Å²) in [7, 11) is 0. The van der Waals surface area contributed by atoms with Gasteiger partial charge < -0.3 is 10.5 Å². The summed E-state index contributed by atoms with van der Waals surface area (Å²) in [5.41, 5.74) is 5.46. The minimum atomic E-state index is -0.678. The van der Waals surface area contributed by atoms with Gasteiger partial charge in [-0.3, -0.25) is 4.79 Å². The number of hydrogen-bond acceptors (Lipinski definition) is 3. The second-order valence-electron chi connectivity index (χ2n) is 1.99. The molecule has 0 aliphatic rings. The standard InChI is InChI=1S/C7H5ClFNO2/c8-6-4(9)1-2-5(10)7(6)12-3-11/h1-3H,10H2. The van der Waals surface area contributed by atoms with Crippen LogP contribution < -0.4 is 10.5 Å². The molecule has 0 bridgehead atoms. The Balaban J connectivity index is 3.22. The number of benzene rings is 1. The predicted molar refractivity (Wildman–Crippen MR) is 42.5 cm³/mol. The Morgan fingerprint density at radius 2 is 2.25 bits per heavy atom. The minimum absolute atomic E-state index is 0.119. The highest BCUT2D eigenvalue weighted by molar-refractivity contribution is 6.32. The van der Waals surface area contributed by atoms with Gasteiger partial charge in [-0.2, -0.15) is 0 Å². The Morgan fingerprint density at radius 3 is 2.83 bits per heavy atom. The summed E-state index contributed by atoms with van der Waals surface area (Å²) >= 11 is 5.44. The fraction of sp³-hybridized carbons (Fsp3) is 0. The van der Waals surface area contributed by atoms with Gasteiger partial charge in [-0.05, 0) is 12.1 Å². The van der Waals surface area contributed by atoms with Crippen LogP contribution in [-0.2, 0) is 4.79 Å². The number of ether oxygens (including phenoxy) is 1. The SMILES string of the molecule is Nc1ccc(F)c(Cl)c1OC=O. The first-order valence-electron chi connectivity index (χ1n) is 3.00. The van der Waals surface area contributed by atoms with Crippen molar-refractivity contribution in [2.45, 2.75) is 0 Å². The number of nitrogens with two attached hydrogens (primary N) is 1. The molecule has 1 rings (SSSR count). The Hall–Kier alpha value is -1.29. The normalized spacial score (nSPS) is 9.50. The molecule has 1 aromatic rings. The fourth-order valence-corrected chi connectivity index (χ4v) is 0.932. The summed E-state index contributed by atoms with van der Waals surface area (Å²) in [6.07, 6.45) is 0. The summed E-state index contributed by atoms with van der Waals surface area (Å²) in [6.45, 7) is 0.136. The lowest BCUT2D eigenvalue weighted by atomic mass is 10.3. The van der Waals surface area contributed by atoms with Crippen LogP contribution in [0.2, 0.25) is 5.02 Å². The summed E-state index contributed by atoms with van der Waals surface area (Å²) in [5.74, 6) is -0.825. The van der Waals surface area contributed by atoms with Crippen molar-refractivity contribution < 1.29 is 13.9 Å². The molecule has 3 nitrogen and oxygen atoms in total. The van der Waals surface area contributed by atoms with Crippen LogP contribution in [0.5, 0.6) is 5.75 Å². The molecule has 0 amide bonds. The van der Waals surface area contributed by atoms with E-state index in [9.17, 15) is 9.18 Å². The highest BCUT2D eigenvalue weighted by atomic mass is 35.5. The van der Waals surface area contributed by atoms with Gasteiger partial charge in [-0.25, -0.2) is 4.39 Å². The molecule has 0 saturated carbocycles. The number of halogens is 2. The largest absolute Gasteiger partial charge is 0.425 e. The van der Waals surface area contributed by atoms with Gasteiger partial charge in [0.1, 0.15) is 10.8 Å². The molecular weight excluding hydrogens is 185 g/mol. The Labute approximate surface area is 72.9 Å². The van der Waals surface area contributed by atoms with Gasteiger partial charge in [0.2, 0.25) is 0 Å². The van der Waals surface area contributed by atoms with Gasteiger partial charge in [0.05, 0.1) is 5.69 Å². The third-order valence-corrected chi connectivity index (χ3v) is 1.60. The third kappa shape index (κ3) is 1.48. The van der Waals surface area contributed by atoms with Crippen molar-refractivity contribution in [1.29, 1.82) is 0 Å². The van der Waals surface area contributed by atoms with Crippen molar-refractivity contribution in [3.8, 4) is 5.75 Å². The van der Waals surface area contributed by atoms with E-state index in [1.807, 2.05) is 0 Å². The lowest BCUT2D eigenvalue weighted by Gasteiger charge is -2.04. The van der Waals surface area contributed by atoms with Crippen molar-refractivity contribution in [3.63, 3.8) is 0 Å². The molecule has 5 heteroatoms. The first-order chi connectivity index (χ1) is 5.66. The minimum Gasteiger partial charge on any atom is -0.425 e. The van der Waals surface area contributed by atoms with E-state index in [1.165, 1.54) is 6.07 Å². The molecule has 0 aliphatic heterocycles. The van der Waals surface area contributed by atoms with Gasteiger partial charge >= 0.3 is 0 Å². The van der Waals surface area contributed by atoms with E-state index in [0.717, 1.165) is 6.07 Å². The first kappa shape index (κ1) is 8.80. The van der Waals surface area contributed by atoms with Crippen LogP contribution >= 0.6 is 11.6 Å². The summed E-state index contributed by atoms with van der Waals surface area (Å²) < 4.78 is 17.1. The highest BCUT2D eigenvalue weighted by Crippen LogP contribution is 2.32. The monoisotopic (exact) mass is 189 g/mol. The highest BCUT2D eigenvalue weighted by Gasteiger charge is 2.10. The molecule has 0 unspecified atom stereocenters. The second-order valence-corrected chi connectivity index (χ2v) is 2.37. The van der Waals surface area contributed by atoms with Gasteiger partial charge in [-0.1, -0.05) is 11.6 Å². The summed E-state index contributed by atoms with van der Waals surface area (Å²) in [5, 5.41) is -0.290. The maximum atomic E-state index is 12.7. The number of nitrogen functional groups attached to an aromatic ring is 1. The van der Waals surface area contributed by atoms with Crippen molar-refractivity contribution in [2.75, 3.05) is 5.73 Å². The van der Waals surface area contributed by atoms with Gasteiger partial charge in [0.15, 0.2) is 5.75 Å². The van der Waals surface area contributed by atoms with Crippen LogP contribution in [0.25, 0.3) is 0 Å². The molecule has 0 atom stereocenters. The van der Waals surface area contributed by atoms with Crippen LogP contribution in [0.1, 0.15) is 0 Å². The molecule has 0 saturated heterocycles. The quantitative estimate of drug-likeness (QED) is 0.568. The van der Waals surface area contributed by atoms with Gasteiger partial charge in [-0.15, -0.1) is 0 Å². The molecule has 12 heavy (non-hydrogen) atoms. The Morgan fingerprint density at radius 1 is 1.58 bits per heavy atom. The molecular formula is C7H5ClFNO2. The topological polar surface area (TPSA) is 52.3 Å².